The molecule has 5 atom stereocenters. The monoisotopic (exact) mass is 1150 g/mol. The van der Waals surface area contributed by atoms with Gasteiger partial charge in [0.25, 0.3) is 0 Å². The molecule has 0 radical (unpaired) electrons. The second-order valence-electron chi connectivity index (χ2n) is 21.2. The third-order valence-electron chi connectivity index (χ3n) is 12.9. The molecule has 0 heterocycles. The van der Waals surface area contributed by atoms with E-state index in [0.717, 1.165) is 135 Å². The lowest BCUT2D eigenvalue weighted by Gasteiger charge is -2.21. The van der Waals surface area contributed by atoms with E-state index in [1.165, 1.54) is 44.9 Å². The van der Waals surface area contributed by atoms with Gasteiger partial charge in [0.1, 0.15) is 19.3 Å². The van der Waals surface area contributed by atoms with E-state index in [0.29, 0.717) is 31.6 Å². The summed E-state index contributed by atoms with van der Waals surface area (Å²) >= 11 is 0. The lowest BCUT2D eigenvalue weighted by atomic mass is 10.0. The Balaban J connectivity index is 5.21. The average Bonchev–Trinajstić information content (AvgIpc) is 3.40. The Hall–Kier alpha value is -2.46. The molecule has 458 valence electrons. The highest BCUT2D eigenvalue weighted by atomic mass is 31.2. The van der Waals surface area contributed by atoms with Gasteiger partial charge in [-0.15, -0.1) is 0 Å². The minimum absolute atomic E-state index is 0.0837. The van der Waals surface area contributed by atoms with Gasteiger partial charge in [-0.2, -0.15) is 0 Å². The number of phosphoric acid groups is 2. The summed E-state index contributed by atoms with van der Waals surface area (Å²) in [6.45, 7) is 6.91. The van der Waals surface area contributed by atoms with E-state index in [1.807, 2.05) is 0 Å². The highest BCUT2D eigenvalue weighted by molar-refractivity contribution is 7.47. The summed E-state index contributed by atoms with van der Waals surface area (Å²) in [6, 6.07) is 0. The van der Waals surface area contributed by atoms with Gasteiger partial charge in [0.05, 0.1) is 26.4 Å². The Morgan fingerprint density at radius 2 is 0.692 bits per heavy atom. The standard InChI is InChI=1S/C59H110O17P2/c1-6-9-12-15-18-19-20-21-22-23-24-25-28-35-40-45-59(64)76-55(49-70-57(62)43-38-33-30-29-31-36-41-52(4)5)51-74-78(67,68)72-47-53(60)46-71-77(65,66)73-50-54(75-58(63)44-39-34-27-17-14-11-8-3)48-69-56(61)42-37-32-26-16-13-10-7-2/h19-22,52-55,60H,6-18,23-51H2,1-5H3,(H,65,66)(H,67,68)/b20-19-,22-21-/t53-,54+,55+/m0/s1. The topological polar surface area (TPSA) is 237 Å². The molecule has 19 heteroatoms. The summed E-state index contributed by atoms with van der Waals surface area (Å²) in [4.78, 5) is 71.7. The molecule has 0 aliphatic carbocycles. The Morgan fingerprint density at radius 3 is 1.05 bits per heavy atom. The smallest absolute Gasteiger partial charge is 0.462 e. The third-order valence-corrected chi connectivity index (χ3v) is 14.8. The molecular formula is C59H110O17P2. The zero-order valence-electron chi connectivity index (χ0n) is 49.3. The summed E-state index contributed by atoms with van der Waals surface area (Å²) < 4.78 is 67.5. The fourth-order valence-corrected chi connectivity index (χ4v) is 9.74. The molecule has 0 fully saturated rings. The first-order chi connectivity index (χ1) is 37.5. The van der Waals surface area contributed by atoms with Crippen LogP contribution in [-0.2, 0) is 65.4 Å². The molecule has 2 unspecified atom stereocenters. The average molecular weight is 1150 g/mol. The van der Waals surface area contributed by atoms with E-state index in [9.17, 15) is 43.2 Å². The van der Waals surface area contributed by atoms with Crippen molar-refractivity contribution in [3.63, 3.8) is 0 Å². The normalized spacial score (nSPS) is 14.6. The molecule has 78 heavy (non-hydrogen) atoms. The van der Waals surface area contributed by atoms with Gasteiger partial charge in [0.2, 0.25) is 0 Å². The summed E-state index contributed by atoms with van der Waals surface area (Å²) in [5.74, 6) is -1.51. The Labute approximate surface area is 472 Å². The molecular weight excluding hydrogens is 1040 g/mol. The SMILES string of the molecule is CCCCCC/C=C\C=C/CCCCCCCC(=O)O[C@H](COC(=O)CCCCCCCCC(C)C)COP(=O)(O)OC[C@@H](O)COP(=O)(O)OC[C@@H](COC(=O)CCCCCCCCC)OC(=O)CCCCCCCCC. The molecule has 3 N–H and O–H groups in total. The Morgan fingerprint density at radius 1 is 0.397 bits per heavy atom. The van der Waals surface area contributed by atoms with Gasteiger partial charge in [-0.05, 0) is 57.3 Å². The van der Waals surface area contributed by atoms with Crippen LogP contribution in [0.2, 0.25) is 0 Å². The van der Waals surface area contributed by atoms with Crippen LogP contribution >= 0.6 is 15.6 Å². The lowest BCUT2D eigenvalue weighted by molar-refractivity contribution is -0.161. The van der Waals surface area contributed by atoms with E-state index < -0.39 is 97.5 Å². The third kappa shape index (κ3) is 52.9. The van der Waals surface area contributed by atoms with Gasteiger partial charge in [-0.3, -0.25) is 37.3 Å². The maximum atomic E-state index is 12.9. The Bertz CT molecular complexity index is 1620. The van der Waals surface area contributed by atoms with E-state index >= 15 is 0 Å². The van der Waals surface area contributed by atoms with Crippen LogP contribution in [0.1, 0.15) is 266 Å². The van der Waals surface area contributed by atoms with E-state index in [1.54, 1.807) is 0 Å². The number of hydrogen-bond donors (Lipinski definition) is 3. The maximum absolute atomic E-state index is 12.9. The predicted octanol–water partition coefficient (Wildman–Crippen LogP) is 15.4. The lowest BCUT2D eigenvalue weighted by Crippen LogP contribution is -2.30. The van der Waals surface area contributed by atoms with Gasteiger partial charge >= 0.3 is 39.5 Å². The number of aliphatic hydroxyl groups excluding tert-OH is 1. The zero-order valence-corrected chi connectivity index (χ0v) is 51.1. The van der Waals surface area contributed by atoms with Crippen molar-refractivity contribution >= 4 is 39.5 Å². The van der Waals surface area contributed by atoms with Crippen LogP contribution < -0.4 is 0 Å². The van der Waals surface area contributed by atoms with Crippen molar-refractivity contribution in [2.24, 2.45) is 5.92 Å². The first-order valence-electron chi connectivity index (χ1n) is 30.5. The molecule has 0 spiro atoms. The molecule has 0 rings (SSSR count). The number of aliphatic hydroxyl groups is 1. The van der Waals surface area contributed by atoms with E-state index in [2.05, 4.69) is 58.9 Å². The fraction of sp³-hybridized carbons (Fsp3) is 0.864. The maximum Gasteiger partial charge on any atom is 0.472 e. The molecule has 0 aliphatic rings. The molecule has 0 saturated heterocycles. The minimum atomic E-state index is -4.95. The molecule has 0 aromatic rings. The van der Waals surface area contributed by atoms with E-state index in [-0.39, 0.29) is 25.7 Å². The van der Waals surface area contributed by atoms with Gasteiger partial charge in [0.15, 0.2) is 12.2 Å². The number of ether oxygens (including phenoxy) is 4. The molecule has 0 aromatic carbocycles. The molecule has 0 aromatic heterocycles. The van der Waals surface area contributed by atoms with Crippen molar-refractivity contribution < 1.29 is 80.2 Å². The fourth-order valence-electron chi connectivity index (χ4n) is 8.16. The van der Waals surface area contributed by atoms with Crippen molar-refractivity contribution in [2.75, 3.05) is 39.6 Å². The minimum Gasteiger partial charge on any atom is -0.462 e. The van der Waals surface area contributed by atoms with E-state index in [4.69, 9.17) is 37.0 Å². The van der Waals surface area contributed by atoms with Crippen LogP contribution in [0.5, 0.6) is 0 Å². The number of unbranched alkanes of at least 4 members (excludes halogenated alkanes) is 26. The van der Waals surface area contributed by atoms with Gasteiger partial charge < -0.3 is 33.8 Å². The molecule has 0 saturated carbocycles. The summed E-state index contributed by atoms with van der Waals surface area (Å²) in [5, 5.41) is 10.5. The first-order valence-corrected chi connectivity index (χ1v) is 33.4. The zero-order chi connectivity index (χ0) is 57.8. The summed E-state index contributed by atoms with van der Waals surface area (Å²) in [6.07, 6.45) is 37.5. The summed E-state index contributed by atoms with van der Waals surface area (Å²) in [7, 11) is -9.88. The molecule has 0 aliphatic heterocycles. The highest BCUT2D eigenvalue weighted by Crippen LogP contribution is 2.45. The second kappa shape index (κ2) is 52.6. The van der Waals surface area contributed by atoms with Crippen LogP contribution in [0.4, 0.5) is 0 Å². The predicted molar refractivity (Wildman–Crippen MR) is 307 cm³/mol. The van der Waals surface area contributed by atoms with Crippen molar-refractivity contribution in [2.45, 2.75) is 284 Å². The molecule has 17 nitrogen and oxygen atoms in total. The quantitative estimate of drug-likeness (QED) is 0.0169. The number of phosphoric ester groups is 2. The van der Waals surface area contributed by atoms with Gasteiger partial charge in [-0.25, -0.2) is 9.13 Å². The number of carbonyl (C=O) groups is 4. The van der Waals surface area contributed by atoms with Crippen molar-refractivity contribution in [1.29, 1.82) is 0 Å². The van der Waals surface area contributed by atoms with Crippen LogP contribution in [0.3, 0.4) is 0 Å². The first kappa shape index (κ1) is 75.5. The van der Waals surface area contributed by atoms with Crippen molar-refractivity contribution in [1.82, 2.24) is 0 Å². The van der Waals surface area contributed by atoms with Crippen LogP contribution in [0.15, 0.2) is 24.3 Å². The summed E-state index contributed by atoms with van der Waals surface area (Å²) in [5.41, 5.74) is 0. The number of hydrogen-bond acceptors (Lipinski definition) is 15. The number of allylic oxidation sites excluding steroid dienone is 4. The van der Waals surface area contributed by atoms with Crippen LogP contribution in [-0.4, -0.2) is 96.7 Å². The van der Waals surface area contributed by atoms with Crippen molar-refractivity contribution in [3.05, 3.63) is 24.3 Å². The van der Waals surface area contributed by atoms with Crippen LogP contribution in [0.25, 0.3) is 0 Å². The Kier molecular flexibility index (Phi) is 50.9. The highest BCUT2D eigenvalue weighted by Gasteiger charge is 2.30. The number of carbonyl (C=O) groups excluding carboxylic acids is 4. The second-order valence-corrected chi connectivity index (χ2v) is 24.1. The number of esters is 4. The molecule has 0 amide bonds. The molecule has 0 bridgehead atoms. The van der Waals surface area contributed by atoms with Crippen molar-refractivity contribution in [3.8, 4) is 0 Å². The van der Waals surface area contributed by atoms with Gasteiger partial charge in [0, 0.05) is 25.7 Å². The number of rotatable bonds is 57. The van der Waals surface area contributed by atoms with Crippen LogP contribution in [0, 0.1) is 5.92 Å². The largest absolute Gasteiger partial charge is 0.472 e. The van der Waals surface area contributed by atoms with Gasteiger partial charge in [-0.1, -0.05) is 213 Å².